The Hall–Kier alpha value is -2.40. The normalized spacial score (nSPS) is 24.4. The van der Waals surface area contributed by atoms with E-state index in [1.54, 1.807) is 11.0 Å². The van der Waals surface area contributed by atoms with Gasteiger partial charge in [-0.3, -0.25) is 19.6 Å². The SMILES string of the molecule is Cc1cc(C(=O)N2CC[C@@]3(C2)C(=O)N(C(C)C)CCN3CC#N)n[nH]1. The third-order valence-corrected chi connectivity index (χ3v) is 5.22. The van der Waals surface area contributed by atoms with E-state index in [1.165, 1.54) is 0 Å². The first-order chi connectivity index (χ1) is 11.9. The van der Waals surface area contributed by atoms with Crippen LogP contribution >= 0.6 is 0 Å². The summed E-state index contributed by atoms with van der Waals surface area (Å²) in [5.74, 6) is -0.148. The first kappa shape index (κ1) is 17.4. The molecule has 0 radical (unpaired) electrons. The Balaban J connectivity index is 1.86. The average Bonchev–Trinajstić information content (AvgIpc) is 3.19. The Kier molecular flexibility index (Phi) is 4.52. The third kappa shape index (κ3) is 2.89. The molecule has 2 saturated heterocycles. The second-order valence-electron chi connectivity index (χ2n) is 7.12. The molecule has 1 N–H and O–H groups in total. The first-order valence-electron chi connectivity index (χ1n) is 8.63. The Bertz CT molecular complexity index is 721. The number of H-pyrrole nitrogens is 1. The highest BCUT2D eigenvalue weighted by atomic mass is 16.2. The molecule has 0 unspecified atom stereocenters. The summed E-state index contributed by atoms with van der Waals surface area (Å²) < 4.78 is 0. The summed E-state index contributed by atoms with van der Waals surface area (Å²) in [5, 5.41) is 16.0. The molecule has 1 spiro atoms. The molecule has 2 amide bonds. The zero-order valence-corrected chi connectivity index (χ0v) is 14.9. The molecule has 2 fully saturated rings. The van der Waals surface area contributed by atoms with Crippen LogP contribution in [0.5, 0.6) is 0 Å². The van der Waals surface area contributed by atoms with Gasteiger partial charge < -0.3 is 9.80 Å². The molecule has 134 valence electrons. The number of carbonyl (C=O) groups excluding carboxylic acids is 2. The predicted molar refractivity (Wildman–Crippen MR) is 90.6 cm³/mol. The van der Waals surface area contributed by atoms with E-state index >= 15 is 0 Å². The quantitative estimate of drug-likeness (QED) is 0.800. The van der Waals surface area contributed by atoms with Gasteiger partial charge in [0.15, 0.2) is 0 Å². The van der Waals surface area contributed by atoms with E-state index in [4.69, 9.17) is 5.26 Å². The van der Waals surface area contributed by atoms with Crippen molar-refractivity contribution in [3.05, 3.63) is 17.5 Å². The highest BCUT2D eigenvalue weighted by molar-refractivity contribution is 5.95. The second kappa shape index (κ2) is 6.48. The number of carbonyl (C=O) groups is 2. The average molecular weight is 344 g/mol. The molecule has 1 aromatic heterocycles. The van der Waals surface area contributed by atoms with Crippen LogP contribution < -0.4 is 0 Å². The number of hydrogen-bond acceptors (Lipinski definition) is 5. The summed E-state index contributed by atoms with van der Waals surface area (Å²) in [4.78, 5) is 31.4. The van der Waals surface area contributed by atoms with Crippen molar-refractivity contribution in [2.45, 2.75) is 38.8 Å². The zero-order valence-electron chi connectivity index (χ0n) is 14.9. The summed E-state index contributed by atoms with van der Waals surface area (Å²) in [6, 6.07) is 3.98. The number of amides is 2. The maximum Gasteiger partial charge on any atom is 0.274 e. The Morgan fingerprint density at radius 1 is 1.44 bits per heavy atom. The number of hydrogen-bond donors (Lipinski definition) is 1. The van der Waals surface area contributed by atoms with Gasteiger partial charge in [-0.2, -0.15) is 10.4 Å². The first-order valence-corrected chi connectivity index (χ1v) is 8.63. The van der Waals surface area contributed by atoms with Crippen LogP contribution in [-0.4, -0.2) is 81.0 Å². The molecule has 0 aromatic carbocycles. The van der Waals surface area contributed by atoms with Crippen molar-refractivity contribution < 1.29 is 9.59 Å². The number of nitrogens with one attached hydrogen (secondary N) is 1. The molecule has 1 atom stereocenters. The van der Waals surface area contributed by atoms with Gasteiger partial charge in [-0.05, 0) is 33.3 Å². The van der Waals surface area contributed by atoms with Crippen molar-refractivity contribution in [2.75, 3.05) is 32.7 Å². The number of nitrogens with zero attached hydrogens (tertiary/aromatic N) is 5. The Morgan fingerprint density at radius 3 is 2.80 bits per heavy atom. The largest absolute Gasteiger partial charge is 0.337 e. The van der Waals surface area contributed by atoms with E-state index in [0.29, 0.717) is 38.3 Å². The van der Waals surface area contributed by atoms with E-state index in [9.17, 15) is 9.59 Å². The van der Waals surface area contributed by atoms with Gasteiger partial charge in [-0.1, -0.05) is 0 Å². The number of aryl methyl sites for hydroxylation is 1. The molecule has 2 aliphatic rings. The van der Waals surface area contributed by atoms with Gasteiger partial charge in [0.05, 0.1) is 12.6 Å². The third-order valence-electron chi connectivity index (χ3n) is 5.22. The van der Waals surface area contributed by atoms with Gasteiger partial charge in [0.2, 0.25) is 5.91 Å². The maximum atomic E-state index is 13.2. The number of likely N-dealkylation sites (tertiary alicyclic amines) is 1. The fourth-order valence-corrected chi connectivity index (χ4v) is 3.84. The molecule has 8 nitrogen and oxygen atoms in total. The van der Waals surface area contributed by atoms with Gasteiger partial charge in [-0.15, -0.1) is 0 Å². The number of piperazine rings is 1. The van der Waals surface area contributed by atoms with Crippen molar-refractivity contribution in [3.8, 4) is 6.07 Å². The minimum atomic E-state index is -0.792. The Labute approximate surface area is 147 Å². The molecule has 2 aliphatic heterocycles. The van der Waals surface area contributed by atoms with Gasteiger partial charge >= 0.3 is 0 Å². The highest BCUT2D eigenvalue weighted by Gasteiger charge is 2.54. The number of rotatable bonds is 3. The van der Waals surface area contributed by atoms with Crippen LogP contribution in [0.25, 0.3) is 0 Å². The lowest BCUT2D eigenvalue weighted by atomic mass is 9.90. The number of aromatic nitrogens is 2. The molecule has 0 bridgehead atoms. The maximum absolute atomic E-state index is 13.2. The summed E-state index contributed by atoms with van der Waals surface area (Å²) in [6.07, 6.45) is 0.547. The van der Waals surface area contributed by atoms with Crippen LogP contribution in [0, 0.1) is 18.3 Å². The van der Waals surface area contributed by atoms with Crippen LogP contribution in [0.15, 0.2) is 6.07 Å². The van der Waals surface area contributed by atoms with Crippen molar-refractivity contribution in [1.29, 1.82) is 5.26 Å². The monoisotopic (exact) mass is 344 g/mol. The lowest BCUT2D eigenvalue weighted by molar-refractivity contribution is -0.152. The van der Waals surface area contributed by atoms with Crippen molar-refractivity contribution in [3.63, 3.8) is 0 Å². The minimum absolute atomic E-state index is 0.0255. The smallest absolute Gasteiger partial charge is 0.274 e. The van der Waals surface area contributed by atoms with Gasteiger partial charge in [0.25, 0.3) is 5.91 Å². The molecule has 3 heterocycles. The van der Waals surface area contributed by atoms with Gasteiger partial charge in [0, 0.05) is 37.9 Å². The van der Waals surface area contributed by atoms with E-state index < -0.39 is 5.54 Å². The Morgan fingerprint density at radius 2 is 2.20 bits per heavy atom. The fourth-order valence-electron chi connectivity index (χ4n) is 3.84. The van der Waals surface area contributed by atoms with Crippen LogP contribution in [0.4, 0.5) is 0 Å². The molecule has 0 aliphatic carbocycles. The van der Waals surface area contributed by atoms with E-state index in [0.717, 1.165) is 5.69 Å². The fraction of sp³-hybridized carbons (Fsp3) is 0.647. The second-order valence-corrected chi connectivity index (χ2v) is 7.12. The molecule has 25 heavy (non-hydrogen) atoms. The highest BCUT2D eigenvalue weighted by Crippen LogP contribution is 2.34. The molecule has 0 saturated carbocycles. The van der Waals surface area contributed by atoms with Crippen molar-refractivity contribution in [1.82, 2.24) is 24.9 Å². The van der Waals surface area contributed by atoms with E-state index in [1.807, 2.05) is 30.6 Å². The van der Waals surface area contributed by atoms with Crippen LogP contribution in [0.1, 0.15) is 36.5 Å². The molecule has 8 heteroatoms. The summed E-state index contributed by atoms with van der Waals surface area (Å²) >= 11 is 0. The molecular weight excluding hydrogens is 320 g/mol. The predicted octanol–water partition coefficient (Wildman–Crippen LogP) is 0.379. The van der Waals surface area contributed by atoms with E-state index in [2.05, 4.69) is 16.3 Å². The summed E-state index contributed by atoms with van der Waals surface area (Å²) in [7, 11) is 0. The topological polar surface area (TPSA) is 96.3 Å². The molecule has 1 aromatic rings. The van der Waals surface area contributed by atoms with E-state index in [-0.39, 0.29) is 24.4 Å². The standard InChI is InChI=1S/C17H24N6O2/c1-12(2)23-9-8-22(7-5-18)17(16(23)25)4-6-21(11-17)15(24)14-10-13(3)19-20-14/h10,12H,4,6-9,11H2,1-3H3,(H,19,20)/t17-/m1/s1. The number of aromatic amines is 1. The van der Waals surface area contributed by atoms with Crippen molar-refractivity contribution >= 4 is 11.8 Å². The molecular formula is C17H24N6O2. The summed E-state index contributed by atoms with van der Waals surface area (Å²) in [6.45, 7) is 8.10. The van der Waals surface area contributed by atoms with Gasteiger partial charge in [-0.25, -0.2) is 0 Å². The minimum Gasteiger partial charge on any atom is -0.337 e. The van der Waals surface area contributed by atoms with Crippen LogP contribution in [0.3, 0.4) is 0 Å². The zero-order chi connectivity index (χ0) is 18.2. The lowest BCUT2D eigenvalue weighted by Crippen LogP contribution is -2.68. The van der Waals surface area contributed by atoms with Crippen molar-refractivity contribution in [2.24, 2.45) is 0 Å². The van der Waals surface area contributed by atoms with Crippen LogP contribution in [0.2, 0.25) is 0 Å². The number of nitriles is 1. The van der Waals surface area contributed by atoms with Crippen LogP contribution in [-0.2, 0) is 4.79 Å². The lowest BCUT2D eigenvalue weighted by Gasteiger charge is -2.48. The summed E-state index contributed by atoms with van der Waals surface area (Å²) in [5.41, 5.74) is 0.396. The van der Waals surface area contributed by atoms with Gasteiger partial charge in [0.1, 0.15) is 11.2 Å². The molecule has 3 rings (SSSR count).